The maximum Gasteiger partial charge on any atom is 0.0458 e. The van der Waals surface area contributed by atoms with Crippen molar-refractivity contribution in [3.8, 4) is 0 Å². The second-order valence-corrected chi connectivity index (χ2v) is 4.99. The van der Waals surface area contributed by atoms with Gasteiger partial charge in [-0.05, 0) is 59.6 Å². The normalized spacial score (nSPS) is 11.0. The van der Waals surface area contributed by atoms with Crippen molar-refractivity contribution >= 4 is 21.6 Å². The van der Waals surface area contributed by atoms with E-state index in [1.165, 1.54) is 18.4 Å². The van der Waals surface area contributed by atoms with Crippen molar-refractivity contribution in [1.29, 1.82) is 0 Å². The van der Waals surface area contributed by atoms with Gasteiger partial charge in [0, 0.05) is 16.7 Å². The van der Waals surface area contributed by atoms with Gasteiger partial charge in [0.25, 0.3) is 0 Å². The Bertz CT molecular complexity index is 320. The number of hydrogen-bond donors (Lipinski definition) is 1. The van der Waals surface area contributed by atoms with Crippen molar-refractivity contribution in [2.45, 2.75) is 33.2 Å². The molecule has 0 aliphatic rings. The van der Waals surface area contributed by atoms with Gasteiger partial charge in [-0.2, -0.15) is 0 Å². The lowest BCUT2D eigenvalue weighted by Crippen LogP contribution is -2.24. The van der Waals surface area contributed by atoms with Crippen LogP contribution in [0.3, 0.4) is 0 Å². The summed E-state index contributed by atoms with van der Waals surface area (Å²) in [5, 5.41) is 0. The lowest BCUT2D eigenvalue weighted by atomic mass is 10.2. The third-order valence-corrected chi connectivity index (χ3v) is 3.24. The van der Waals surface area contributed by atoms with Gasteiger partial charge in [0.15, 0.2) is 0 Å². The van der Waals surface area contributed by atoms with Gasteiger partial charge < -0.3 is 5.73 Å². The Kier molecular flexibility index (Phi) is 5.85. The maximum absolute atomic E-state index is 5.78. The molecule has 0 saturated heterocycles. The van der Waals surface area contributed by atoms with Crippen LogP contribution in [0, 0.1) is 0 Å². The molecule has 0 fully saturated rings. The van der Waals surface area contributed by atoms with E-state index >= 15 is 0 Å². The summed E-state index contributed by atoms with van der Waals surface area (Å²) < 4.78 is 0.998. The summed E-state index contributed by atoms with van der Waals surface area (Å²) in [5.74, 6) is 0. The molecule has 2 nitrogen and oxygen atoms in total. The quantitative estimate of drug-likeness (QED) is 0.808. The largest absolute Gasteiger partial charge is 0.398 e. The molecule has 0 bridgehead atoms. The van der Waals surface area contributed by atoms with E-state index in [9.17, 15) is 0 Å². The molecule has 0 saturated carbocycles. The van der Waals surface area contributed by atoms with Crippen LogP contribution in [0.5, 0.6) is 0 Å². The SMILES string of the molecule is CCCN(CCC)Cc1ccc(N)c(Br)c1. The number of benzene rings is 1. The summed E-state index contributed by atoms with van der Waals surface area (Å²) >= 11 is 3.47. The van der Waals surface area contributed by atoms with Crippen LogP contribution in [0.4, 0.5) is 5.69 Å². The zero-order valence-corrected chi connectivity index (χ0v) is 11.8. The monoisotopic (exact) mass is 284 g/mol. The van der Waals surface area contributed by atoms with Gasteiger partial charge in [0.1, 0.15) is 0 Å². The number of nitrogen functional groups attached to an aromatic ring is 1. The maximum atomic E-state index is 5.78. The molecule has 0 radical (unpaired) electrons. The molecule has 1 rings (SSSR count). The zero-order chi connectivity index (χ0) is 12.0. The molecule has 0 atom stereocenters. The van der Waals surface area contributed by atoms with Gasteiger partial charge in [-0.25, -0.2) is 0 Å². The Hall–Kier alpha value is -0.540. The van der Waals surface area contributed by atoms with Gasteiger partial charge >= 0.3 is 0 Å². The van der Waals surface area contributed by atoms with E-state index in [1.807, 2.05) is 6.07 Å². The first-order valence-corrected chi connectivity index (χ1v) is 6.73. The standard InChI is InChI=1S/C13H21BrN2/c1-3-7-16(8-4-2)10-11-5-6-13(15)12(14)9-11/h5-6,9H,3-4,7-8,10,15H2,1-2H3. The van der Waals surface area contributed by atoms with E-state index in [-0.39, 0.29) is 0 Å². The second-order valence-electron chi connectivity index (χ2n) is 4.13. The number of rotatable bonds is 6. The van der Waals surface area contributed by atoms with Crippen LogP contribution in [-0.2, 0) is 6.54 Å². The molecule has 1 aromatic rings. The molecule has 0 aliphatic carbocycles. The lowest BCUT2D eigenvalue weighted by molar-refractivity contribution is 0.266. The molecule has 0 heterocycles. The molecule has 90 valence electrons. The highest BCUT2D eigenvalue weighted by molar-refractivity contribution is 9.10. The van der Waals surface area contributed by atoms with Crippen molar-refractivity contribution < 1.29 is 0 Å². The molecule has 0 aliphatic heterocycles. The van der Waals surface area contributed by atoms with Crippen LogP contribution < -0.4 is 5.73 Å². The predicted molar refractivity (Wildman–Crippen MR) is 74.4 cm³/mol. The minimum Gasteiger partial charge on any atom is -0.398 e. The van der Waals surface area contributed by atoms with E-state index < -0.39 is 0 Å². The molecule has 0 spiro atoms. The Morgan fingerprint density at radius 1 is 1.19 bits per heavy atom. The van der Waals surface area contributed by atoms with Crippen molar-refractivity contribution in [2.75, 3.05) is 18.8 Å². The van der Waals surface area contributed by atoms with Crippen LogP contribution in [0.2, 0.25) is 0 Å². The Morgan fingerprint density at radius 2 is 1.81 bits per heavy atom. The Labute approximate surface area is 107 Å². The molecular weight excluding hydrogens is 264 g/mol. The number of anilines is 1. The van der Waals surface area contributed by atoms with Gasteiger partial charge in [0.2, 0.25) is 0 Å². The van der Waals surface area contributed by atoms with Crippen LogP contribution in [0.25, 0.3) is 0 Å². The van der Waals surface area contributed by atoms with Gasteiger partial charge in [0.05, 0.1) is 0 Å². The van der Waals surface area contributed by atoms with Crippen LogP contribution in [-0.4, -0.2) is 18.0 Å². The third kappa shape index (κ3) is 4.14. The highest BCUT2D eigenvalue weighted by Gasteiger charge is 2.05. The Balaban J connectivity index is 2.65. The summed E-state index contributed by atoms with van der Waals surface area (Å²) in [6.07, 6.45) is 2.41. The number of halogens is 1. The number of hydrogen-bond acceptors (Lipinski definition) is 2. The topological polar surface area (TPSA) is 29.3 Å². The predicted octanol–water partition coefficient (Wildman–Crippen LogP) is 3.65. The average molecular weight is 285 g/mol. The lowest BCUT2D eigenvalue weighted by Gasteiger charge is -2.21. The summed E-state index contributed by atoms with van der Waals surface area (Å²) in [7, 11) is 0. The summed E-state index contributed by atoms with van der Waals surface area (Å²) in [5.41, 5.74) is 7.91. The second kappa shape index (κ2) is 6.92. The molecule has 0 unspecified atom stereocenters. The molecule has 3 heteroatoms. The highest BCUT2D eigenvalue weighted by Crippen LogP contribution is 2.21. The summed E-state index contributed by atoms with van der Waals surface area (Å²) in [6, 6.07) is 6.20. The first-order valence-electron chi connectivity index (χ1n) is 5.93. The molecule has 16 heavy (non-hydrogen) atoms. The smallest absolute Gasteiger partial charge is 0.0458 e. The highest BCUT2D eigenvalue weighted by atomic mass is 79.9. The first kappa shape index (κ1) is 13.5. The van der Waals surface area contributed by atoms with E-state index in [1.54, 1.807) is 0 Å². The minimum atomic E-state index is 0.807. The summed E-state index contributed by atoms with van der Waals surface area (Å²) in [4.78, 5) is 2.48. The molecular formula is C13H21BrN2. The van der Waals surface area contributed by atoms with Crippen LogP contribution >= 0.6 is 15.9 Å². The molecule has 1 aromatic carbocycles. The molecule has 2 N–H and O–H groups in total. The summed E-state index contributed by atoms with van der Waals surface area (Å²) in [6.45, 7) is 7.79. The van der Waals surface area contributed by atoms with Gasteiger partial charge in [-0.1, -0.05) is 19.9 Å². The fourth-order valence-corrected chi connectivity index (χ4v) is 2.26. The minimum absolute atomic E-state index is 0.807. The fourth-order valence-electron chi connectivity index (χ4n) is 1.83. The number of nitrogens with zero attached hydrogens (tertiary/aromatic N) is 1. The zero-order valence-electron chi connectivity index (χ0n) is 10.2. The van der Waals surface area contributed by atoms with Crippen molar-refractivity contribution in [3.05, 3.63) is 28.2 Å². The van der Waals surface area contributed by atoms with Crippen molar-refractivity contribution in [3.63, 3.8) is 0 Å². The number of nitrogens with two attached hydrogens (primary N) is 1. The van der Waals surface area contributed by atoms with Crippen LogP contribution in [0.1, 0.15) is 32.3 Å². The van der Waals surface area contributed by atoms with Crippen molar-refractivity contribution in [1.82, 2.24) is 4.90 Å². The molecule has 0 aromatic heterocycles. The van der Waals surface area contributed by atoms with E-state index in [2.05, 4.69) is 46.8 Å². The van der Waals surface area contributed by atoms with Crippen molar-refractivity contribution in [2.24, 2.45) is 0 Å². The molecule has 0 amide bonds. The van der Waals surface area contributed by atoms with E-state index in [0.717, 1.165) is 29.8 Å². The van der Waals surface area contributed by atoms with E-state index in [0.29, 0.717) is 0 Å². The first-order chi connectivity index (χ1) is 7.67. The van der Waals surface area contributed by atoms with E-state index in [4.69, 9.17) is 5.73 Å². The van der Waals surface area contributed by atoms with Gasteiger partial charge in [-0.15, -0.1) is 0 Å². The third-order valence-electron chi connectivity index (χ3n) is 2.55. The fraction of sp³-hybridized carbons (Fsp3) is 0.538. The van der Waals surface area contributed by atoms with Crippen LogP contribution in [0.15, 0.2) is 22.7 Å². The van der Waals surface area contributed by atoms with Gasteiger partial charge in [-0.3, -0.25) is 4.90 Å². The Morgan fingerprint density at radius 3 is 2.31 bits per heavy atom. The average Bonchev–Trinajstić information content (AvgIpc) is 2.24.